The Bertz CT molecular complexity index is 416. The minimum absolute atomic E-state index is 0.256. The molecule has 0 aromatic heterocycles. The quantitative estimate of drug-likeness (QED) is 0.715. The van der Waals surface area contributed by atoms with Crippen molar-refractivity contribution in [3.05, 3.63) is 29.3 Å². The van der Waals surface area contributed by atoms with Crippen LogP contribution in [-0.2, 0) is 12.7 Å². The van der Waals surface area contributed by atoms with E-state index in [0.29, 0.717) is 22.9 Å². The molecule has 0 saturated heterocycles. The number of hydrogen-bond donors (Lipinski definition) is 1. The maximum atomic E-state index is 13.1. The van der Waals surface area contributed by atoms with Gasteiger partial charge in [0.2, 0.25) is 0 Å². The fourth-order valence-electron chi connectivity index (χ4n) is 1.78. The van der Waals surface area contributed by atoms with Crippen molar-refractivity contribution in [2.75, 3.05) is 12.3 Å². The molecule has 0 radical (unpaired) electrons. The molecule has 5 heteroatoms. The lowest BCUT2D eigenvalue weighted by Crippen LogP contribution is -2.21. The van der Waals surface area contributed by atoms with Crippen LogP contribution in [0.1, 0.15) is 38.3 Å². The van der Waals surface area contributed by atoms with Crippen LogP contribution in [-0.4, -0.2) is 12.3 Å². The van der Waals surface area contributed by atoms with Gasteiger partial charge in [-0.15, -0.1) is 11.8 Å². The molecule has 1 rings (SSSR count). The van der Waals surface area contributed by atoms with Crippen molar-refractivity contribution in [3.8, 4) is 0 Å². The Hall–Kier alpha value is -0.680. The van der Waals surface area contributed by atoms with Gasteiger partial charge >= 0.3 is 6.18 Å². The highest BCUT2D eigenvalue weighted by Crippen LogP contribution is 2.35. The van der Waals surface area contributed by atoms with E-state index in [0.717, 1.165) is 12.2 Å². The van der Waals surface area contributed by atoms with E-state index in [2.05, 4.69) is 5.32 Å². The summed E-state index contributed by atoms with van der Waals surface area (Å²) in [6.45, 7) is 7.04. The van der Waals surface area contributed by atoms with Gasteiger partial charge in [-0.2, -0.15) is 13.2 Å². The number of halogens is 3. The smallest absolute Gasteiger partial charge is 0.312 e. The van der Waals surface area contributed by atoms with Crippen LogP contribution in [0.15, 0.2) is 23.1 Å². The maximum absolute atomic E-state index is 13.1. The van der Waals surface area contributed by atoms with Crippen LogP contribution < -0.4 is 5.32 Å². The first kappa shape index (κ1) is 17.4. The summed E-state index contributed by atoms with van der Waals surface area (Å²) >= 11 is 1.47. The average Bonchev–Trinajstić information content (AvgIpc) is 2.35. The predicted molar refractivity (Wildman–Crippen MR) is 79.0 cm³/mol. The first-order valence-electron chi connectivity index (χ1n) is 6.88. The van der Waals surface area contributed by atoms with E-state index in [-0.39, 0.29) is 6.54 Å². The highest BCUT2D eigenvalue weighted by atomic mass is 32.2. The Labute approximate surface area is 123 Å². The molecule has 1 aromatic rings. The van der Waals surface area contributed by atoms with E-state index in [1.807, 2.05) is 20.8 Å². The second kappa shape index (κ2) is 7.93. The van der Waals surface area contributed by atoms with E-state index < -0.39 is 11.7 Å². The monoisotopic (exact) mass is 305 g/mol. The molecule has 0 heterocycles. The summed E-state index contributed by atoms with van der Waals surface area (Å²) in [5, 5.41) is 3.07. The highest BCUT2D eigenvalue weighted by molar-refractivity contribution is 7.99. The van der Waals surface area contributed by atoms with Crippen molar-refractivity contribution < 1.29 is 13.2 Å². The van der Waals surface area contributed by atoms with Crippen molar-refractivity contribution >= 4 is 11.8 Å². The second-order valence-electron chi connectivity index (χ2n) is 5.19. The zero-order chi connectivity index (χ0) is 15.2. The molecule has 0 spiro atoms. The lowest BCUT2D eigenvalue weighted by molar-refractivity contribution is -0.138. The molecule has 0 aliphatic heterocycles. The molecular weight excluding hydrogens is 283 g/mol. The van der Waals surface area contributed by atoms with Gasteiger partial charge in [-0.1, -0.05) is 26.8 Å². The zero-order valence-electron chi connectivity index (χ0n) is 12.2. The highest BCUT2D eigenvalue weighted by Gasteiger charge is 2.33. The van der Waals surface area contributed by atoms with Gasteiger partial charge in [0.05, 0.1) is 5.56 Å². The largest absolute Gasteiger partial charge is 0.416 e. The third-order valence-corrected chi connectivity index (χ3v) is 3.93. The van der Waals surface area contributed by atoms with Gasteiger partial charge in [0.25, 0.3) is 0 Å². The van der Waals surface area contributed by atoms with Crippen molar-refractivity contribution in [2.24, 2.45) is 5.92 Å². The molecule has 1 N–H and O–H groups in total. The number of rotatable bonds is 7. The molecule has 114 valence electrons. The van der Waals surface area contributed by atoms with Crippen LogP contribution in [0.25, 0.3) is 0 Å². The lowest BCUT2D eigenvalue weighted by atomic mass is 10.1. The van der Waals surface area contributed by atoms with E-state index >= 15 is 0 Å². The number of benzene rings is 1. The molecule has 0 aliphatic carbocycles. The summed E-state index contributed by atoms with van der Waals surface area (Å²) < 4.78 is 39.3. The lowest BCUT2D eigenvalue weighted by Gasteiger charge is -2.15. The topological polar surface area (TPSA) is 12.0 Å². The zero-order valence-corrected chi connectivity index (χ0v) is 13.0. The van der Waals surface area contributed by atoms with Crippen LogP contribution >= 0.6 is 11.8 Å². The van der Waals surface area contributed by atoms with Gasteiger partial charge in [0.15, 0.2) is 0 Å². The van der Waals surface area contributed by atoms with E-state index in [4.69, 9.17) is 0 Å². The molecule has 0 amide bonds. The molecular formula is C15H22F3NS. The summed E-state index contributed by atoms with van der Waals surface area (Å²) in [6.07, 6.45) is -3.35. The molecule has 0 saturated carbocycles. The molecule has 20 heavy (non-hydrogen) atoms. The molecule has 1 nitrogen and oxygen atoms in total. The normalized spacial score (nSPS) is 12.2. The van der Waals surface area contributed by atoms with Crippen molar-refractivity contribution in [3.63, 3.8) is 0 Å². The molecule has 1 aromatic carbocycles. The van der Waals surface area contributed by atoms with Gasteiger partial charge in [0.1, 0.15) is 0 Å². The molecule has 0 unspecified atom stereocenters. The second-order valence-corrected chi connectivity index (χ2v) is 6.36. The summed E-state index contributed by atoms with van der Waals surface area (Å²) in [4.78, 5) is 0.687. The molecule has 0 atom stereocenters. The van der Waals surface area contributed by atoms with Crippen LogP contribution in [0.5, 0.6) is 0 Å². The Balaban J connectivity index is 2.87. The molecule has 0 fully saturated rings. The Kier molecular flexibility index (Phi) is 6.89. The van der Waals surface area contributed by atoms with Gasteiger partial charge in [-0.25, -0.2) is 0 Å². The Morgan fingerprint density at radius 3 is 2.50 bits per heavy atom. The van der Waals surface area contributed by atoms with E-state index in [1.165, 1.54) is 17.8 Å². The predicted octanol–water partition coefficient (Wildman–Crippen LogP) is 4.95. The SMILES string of the molecule is CCCSc1ccc(CNCC(C)C)c(C(F)(F)F)c1. The van der Waals surface area contributed by atoms with Gasteiger partial charge in [0, 0.05) is 11.4 Å². The summed E-state index contributed by atoms with van der Waals surface area (Å²) in [7, 11) is 0. The van der Waals surface area contributed by atoms with Crippen LogP contribution in [0.3, 0.4) is 0 Å². The molecule has 0 aliphatic rings. The number of nitrogens with one attached hydrogen (secondary N) is 1. The Morgan fingerprint density at radius 2 is 1.95 bits per heavy atom. The first-order valence-corrected chi connectivity index (χ1v) is 7.86. The van der Waals surface area contributed by atoms with Crippen LogP contribution in [0.4, 0.5) is 13.2 Å². The summed E-state index contributed by atoms with van der Waals surface area (Å²) in [5.74, 6) is 1.26. The number of thioether (sulfide) groups is 1. The van der Waals surface area contributed by atoms with Crippen molar-refractivity contribution in [1.29, 1.82) is 0 Å². The maximum Gasteiger partial charge on any atom is 0.416 e. The third-order valence-electron chi connectivity index (χ3n) is 2.73. The number of alkyl halides is 3. The van der Waals surface area contributed by atoms with Crippen LogP contribution in [0.2, 0.25) is 0 Å². The fourth-order valence-corrected chi connectivity index (χ4v) is 2.58. The first-order chi connectivity index (χ1) is 9.34. The van der Waals surface area contributed by atoms with Gasteiger partial charge < -0.3 is 5.32 Å². The minimum Gasteiger partial charge on any atom is -0.312 e. The fraction of sp³-hybridized carbons (Fsp3) is 0.600. The van der Waals surface area contributed by atoms with E-state index in [1.54, 1.807) is 12.1 Å². The average molecular weight is 305 g/mol. The third kappa shape index (κ3) is 5.75. The number of hydrogen-bond acceptors (Lipinski definition) is 2. The van der Waals surface area contributed by atoms with Crippen molar-refractivity contribution in [1.82, 2.24) is 5.32 Å². The minimum atomic E-state index is -4.29. The van der Waals surface area contributed by atoms with Gasteiger partial charge in [-0.05, 0) is 42.3 Å². The summed E-state index contributed by atoms with van der Waals surface area (Å²) in [6, 6.07) is 4.64. The Morgan fingerprint density at radius 1 is 1.25 bits per heavy atom. The van der Waals surface area contributed by atoms with E-state index in [9.17, 15) is 13.2 Å². The standard InChI is InChI=1S/C15H22F3NS/c1-4-7-20-13-6-5-12(10-19-9-11(2)3)14(8-13)15(16,17)18/h5-6,8,11,19H,4,7,9-10H2,1-3H3. The molecule has 0 bridgehead atoms. The van der Waals surface area contributed by atoms with Crippen LogP contribution in [0, 0.1) is 5.92 Å². The van der Waals surface area contributed by atoms with Gasteiger partial charge in [-0.3, -0.25) is 0 Å². The van der Waals surface area contributed by atoms with Crippen molar-refractivity contribution in [2.45, 2.75) is 44.8 Å². The summed E-state index contributed by atoms with van der Waals surface area (Å²) in [5.41, 5.74) is -0.200.